The Labute approximate surface area is 155 Å². The van der Waals surface area contributed by atoms with Gasteiger partial charge in [-0.2, -0.15) is 0 Å². The number of anilines is 1. The van der Waals surface area contributed by atoms with E-state index < -0.39 is 0 Å². The van der Waals surface area contributed by atoms with Crippen molar-refractivity contribution in [1.82, 2.24) is 5.32 Å². The second-order valence-corrected chi connectivity index (χ2v) is 6.97. The Morgan fingerprint density at radius 2 is 1.62 bits per heavy atom. The highest BCUT2D eigenvalue weighted by molar-refractivity contribution is 5.96. The van der Waals surface area contributed by atoms with E-state index in [4.69, 9.17) is 0 Å². The molecule has 0 atom stereocenters. The van der Waals surface area contributed by atoms with Crippen LogP contribution in [0.2, 0.25) is 0 Å². The highest BCUT2D eigenvalue weighted by atomic mass is 16.2. The van der Waals surface area contributed by atoms with E-state index in [1.54, 1.807) is 24.3 Å². The lowest BCUT2D eigenvalue weighted by molar-refractivity contribution is -0.115. The van der Waals surface area contributed by atoms with Crippen LogP contribution in [-0.4, -0.2) is 17.9 Å². The summed E-state index contributed by atoms with van der Waals surface area (Å²) in [6, 6.07) is 15.6. The molecule has 0 heterocycles. The highest BCUT2D eigenvalue weighted by Crippen LogP contribution is 2.19. The lowest BCUT2D eigenvalue weighted by atomic mass is 10.0. The normalized spacial score (nSPS) is 13.3. The van der Waals surface area contributed by atoms with Crippen LogP contribution < -0.4 is 10.6 Å². The molecule has 1 aliphatic carbocycles. The molecule has 26 heavy (non-hydrogen) atoms. The van der Waals surface area contributed by atoms with Crippen LogP contribution >= 0.6 is 0 Å². The minimum atomic E-state index is -0.0542. The molecule has 3 rings (SSSR count). The van der Waals surface area contributed by atoms with E-state index in [-0.39, 0.29) is 11.8 Å². The Morgan fingerprint density at radius 3 is 2.23 bits per heavy atom. The Kier molecular flexibility index (Phi) is 6.05. The molecular formula is C22H26N2O2. The maximum Gasteiger partial charge on any atom is 0.251 e. The Morgan fingerprint density at radius 1 is 0.962 bits per heavy atom. The van der Waals surface area contributed by atoms with Crippen molar-refractivity contribution in [2.24, 2.45) is 0 Å². The van der Waals surface area contributed by atoms with Crippen LogP contribution in [0.25, 0.3) is 0 Å². The van der Waals surface area contributed by atoms with Crippen LogP contribution in [0.15, 0.2) is 48.5 Å². The van der Waals surface area contributed by atoms with Crippen molar-refractivity contribution in [3.05, 3.63) is 65.2 Å². The van der Waals surface area contributed by atoms with Crippen molar-refractivity contribution in [1.29, 1.82) is 0 Å². The smallest absolute Gasteiger partial charge is 0.251 e. The molecule has 136 valence electrons. The van der Waals surface area contributed by atoms with Gasteiger partial charge < -0.3 is 10.6 Å². The fraction of sp³-hybridized carbons (Fsp3) is 0.364. The van der Waals surface area contributed by atoms with E-state index in [2.05, 4.69) is 29.7 Å². The first kappa shape index (κ1) is 18.2. The molecule has 0 spiro atoms. The summed E-state index contributed by atoms with van der Waals surface area (Å²) < 4.78 is 0. The number of carbonyl (C=O) groups excluding carboxylic acids is 2. The molecule has 1 aliphatic rings. The Bertz CT molecular complexity index is 747. The van der Waals surface area contributed by atoms with Crippen LogP contribution in [0.3, 0.4) is 0 Å². The van der Waals surface area contributed by atoms with Crippen LogP contribution in [0.5, 0.6) is 0 Å². The number of amides is 2. The summed E-state index contributed by atoms with van der Waals surface area (Å²) in [5.74, 6) is -0.102. The number of rotatable bonds is 8. The summed E-state index contributed by atoms with van der Waals surface area (Å²) in [7, 11) is 0. The number of carbonyl (C=O) groups is 2. The first-order valence-electron chi connectivity index (χ1n) is 9.42. The topological polar surface area (TPSA) is 58.2 Å². The van der Waals surface area contributed by atoms with Gasteiger partial charge in [0.05, 0.1) is 6.42 Å². The molecule has 4 heteroatoms. The zero-order valence-corrected chi connectivity index (χ0v) is 15.3. The average Bonchev–Trinajstić information content (AvgIpc) is 3.45. The molecular weight excluding hydrogens is 324 g/mol. The molecule has 4 nitrogen and oxygen atoms in total. The fourth-order valence-electron chi connectivity index (χ4n) is 2.80. The third-order valence-electron chi connectivity index (χ3n) is 4.55. The van der Waals surface area contributed by atoms with Gasteiger partial charge in [0.15, 0.2) is 0 Å². The van der Waals surface area contributed by atoms with Crippen molar-refractivity contribution in [3.63, 3.8) is 0 Å². The molecule has 2 N–H and O–H groups in total. The zero-order chi connectivity index (χ0) is 18.4. The number of nitrogens with one attached hydrogen (secondary N) is 2. The number of hydrogen-bond acceptors (Lipinski definition) is 2. The zero-order valence-electron chi connectivity index (χ0n) is 15.3. The summed E-state index contributed by atoms with van der Waals surface area (Å²) in [6.45, 7) is 2.19. The lowest BCUT2D eigenvalue weighted by Crippen LogP contribution is -2.25. The van der Waals surface area contributed by atoms with E-state index in [0.717, 1.165) is 24.8 Å². The monoisotopic (exact) mass is 350 g/mol. The van der Waals surface area contributed by atoms with Gasteiger partial charge in [0, 0.05) is 17.3 Å². The summed E-state index contributed by atoms with van der Waals surface area (Å²) in [4.78, 5) is 24.2. The summed E-state index contributed by atoms with van der Waals surface area (Å²) in [5, 5.41) is 5.84. The van der Waals surface area contributed by atoms with Gasteiger partial charge in [0.25, 0.3) is 5.91 Å². The van der Waals surface area contributed by atoms with E-state index >= 15 is 0 Å². The van der Waals surface area contributed by atoms with Crippen molar-refractivity contribution in [2.45, 2.75) is 51.5 Å². The molecule has 0 bridgehead atoms. The maximum absolute atomic E-state index is 12.2. The van der Waals surface area contributed by atoms with E-state index in [0.29, 0.717) is 23.7 Å². The van der Waals surface area contributed by atoms with Crippen LogP contribution in [0.4, 0.5) is 5.69 Å². The highest BCUT2D eigenvalue weighted by Gasteiger charge is 2.23. The van der Waals surface area contributed by atoms with Crippen molar-refractivity contribution in [2.75, 3.05) is 5.32 Å². The van der Waals surface area contributed by atoms with E-state index in [1.807, 2.05) is 12.1 Å². The van der Waals surface area contributed by atoms with Crippen molar-refractivity contribution in [3.8, 4) is 0 Å². The van der Waals surface area contributed by atoms with Gasteiger partial charge in [-0.1, -0.05) is 37.6 Å². The fourth-order valence-corrected chi connectivity index (χ4v) is 2.80. The minimum Gasteiger partial charge on any atom is -0.349 e. The number of benzene rings is 2. The quantitative estimate of drug-likeness (QED) is 0.753. The predicted molar refractivity (Wildman–Crippen MR) is 104 cm³/mol. The molecule has 2 aromatic rings. The molecule has 1 fully saturated rings. The van der Waals surface area contributed by atoms with Gasteiger partial charge in [-0.15, -0.1) is 0 Å². The number of hydrogen-bond donors (Lipinski definition) is 2. The van der Waals surface area contributed by atoms with Crippen molar-refractivity contribution < 1.29 is 9.59 Å². The SMILES string of the molecule is CCCCc1ccc(CC(=O)Nc2ccc(C(=O)NC3CC3)cc2)cc1. The molecule has 2 amide bonds. The number of aryl methyl sites for hydroxylation is 1. The molecule has 1 saturated carbocycles. The largest absolute Gasteiger partial charge is 0.349 e. The molecule has 0 unspecified atom stereocenters. The van der Waals surface area contributed by atoms with Crippen LogP contribution in [-0.2, 0) is 17.6 Å². The lowest BCUT2D eigenvalue weighted by Gasteiger charge is -2.08. The van der Waals surface area contributed by atoms with Crippen molar-refractivity contribution >= 4 is 17.5 Å². The maximum atomic E-state index is 12.2. The number of unbranched alkanes of at least 4 members (excludes halogenated alkanes) is 1. The standard InChI is InChI=1S/C22H26N2O2/c1-2-3-4-16-5-7-17(8-6-16)15-21(25)23-19-11-9-18(10-12-19)22(26)24-20-13-14-20/h5-12,20H,2-4,13-15H2,1H3,(H,23,25)(H,24,26). The Hall–Kier alpha value is -2.62. The summed E-state index contributed by atoms with van der Waals surface area (Å²) >= 11 is 0. The summed E-state index contributed by atoms with van der Waals surface area (Å²) in [6.07, 6.45) is 5.94. The van der Waals surface area contributed by atoms with Gasteiger partial charge in [0.2, 0.25) is 5.91 Å². The van der Waals surface area contributed by atoms with Gasteiger partial charge in [0.1, 0.15) is 0 Å². The van der Waals surface area contributed by atoms with Gasteiger partial charge in [-0.05, 0) is 61.1 Å². The second kappa shape index (κ2) is 8.65. The van der Waals surface area contributed by atoms with E-state index in [1.165, 1.54) is 18.4 Å². The molecule has 2 aromatic carbocycles. The molecule has 0 radical (unpaired) electrons. The molecule has 0 aromatic heterocycles. The van der Waals surface area contributed by atoms with Crippen LogP contribution in [0.1, 0.15) is 54.1 Å². The predicted octanol–water partition coefficient (Wildman–Crippen LogP) is 4.10. The van der Waals surface area contributed by atoms with Crippen LogP contribution in [0, 0.1) is 0 Å². The average molecular weight is 350 g/mol. The molecule has 0 saturated heterocycles. The van der Waals surface area contributed by atoms with Gasteiger partial charge in [-0.25, -0.2) is 0 Å². The third-order valence-corrected chi connectivity index (χ3v) is 4.55. The second-order valence-electron chi connectivity index (χ2n) is 6.97. The van der Waals surface area contributed by atoms with E-state index in [9.17, 15) is 9.59 Å². The minimum absolute atomic E-state index is 0.0476. The summed E-state index contributed by atoms with van der Waals surface area (Å²) in [5.41, 5.74) is 3.65. The van der Waals surface area contributed by atoms with Gasteiger partial charge in [-0.3, -0.25) is 9.59 Å². The molecule has 0 aliphatic heterocycles. The third kappa shape index (κ3) is 5.45. The first-order chi connectivity index (χ1) is 12.6. The Balaban J connectivity index is 1.50. The first-order valence-corrected chi connectivity index (χ1v) is 9.42. The van der Waals surface area contributed by atoms with Gasteiger partial charge >= 0.3 is 0 Å².